The van der Waals surface area contributed by atoms with Crippen LogP contribution in [-0.2, 0) is 11.2 Å². The standard InChI is InChI=1S/C21H19FN4O3.C4H10/c22-18-6-5-14(11-17(18)21(29)26-9-7-25(13-27)8-10-26)12-19-15-3-1-2-4-16(15)20(28)24-23-19;1-4(2)3/h1-6,11,13H,7-10,12H2,(H,24,28);4H,1-3H3. The van der Waals surface area contributed by atoms with E-state index in [0.29, 0.717) is 49.2 Å². The van der Waals surface area contributed by atoms with E-state index in [0.717, 1.165) is 17.7 Å². The predicted octanol–water partition coefficient (Wildman–Crippen LogP) is 3.23. The summed E-state index contributed by atoms with van der Waals surface area (Å²) in [6, 6.07) is 11.6. The Morgan fingerprint density at radius 3 is 2.36 bits per heavy atom. The average molecular weight is 453 g/mol. The van der Waals surface area contributed by atoms with Crippen molar-refractivity contribution in [2.45, 2.75) is 27.2 Å². The number of aromatic amines is 1. The number of carbonyl (C=O) groups is 2. The molecule has 174 valence electrons. The molecule has 0 spiro atoms. The molecule has 1 aliphatic heterocycles. The Morgan fingerprint density at radius 1 is 1.09 bits per heavy atom. The molecule has 2 heterocycles. The first kappa shape index (κ1) is 24.1. The third-order valence-corrected chi connectivity index (χ3v) is 5.16. The Hall–Kier alpha value is -3.55. The van der Waals surface area contributed by atoms with Crippen molar-refractivity contribution in [1.29, 1.82) is 0 Å². The minimum absolute atomic E-state index is 0.00390. The first-order chi connectivity index (χ1) is 15.8. The molecule has 0 aliphatic carbocycles. The summed E-state index contributed by atoms with van der Waals surface area (Å²) in [7, 11) is 0. The largest absolute Gasteiger partial charge is 0.342 e. The maximum Gasteiger partial charge on any atom is 0.272 e. The van der Waals surface area contributed by atoms with Crippen molar-refractivity contribution in [1.82, 2.24) is 20.0 Å². The third-order valence-electron chi connectivity index (χ3n) is 5.16. The molecule has 1 fully saturated rings. The van der Waals surface area contributed by atoms with Crippen LogP contribution < -0.4 is 5.56 Å². The fourth-order valence-corrected chi connectivity index (χ4v) is 3.55. The van der Waals surface area contributed by atoms with Gasteiger partial charge in [0.05, 0.1) is 16.6 Å². The van der Waals surface area contributed by atoms with E-state index in [1.54, 1.807) is 28.0 Å². The number of fused-ring (bicyclic) bond motifs is 1. The van der Waals surface area contributed by atoms with Gasteiger partial charge >= 0.3 is 0 Å². The Kier molecular flexibility index (Phi) is 7.92. The summed E-state index contributed by atoms with van der Waals surface area (Å²) in [4.78, 5) is 38.7. The molecular weight excluding hydrogens is 423 g/mol. The smallest absolute Gasteiger partial charge is 0.272 e. The molecule has 2 aromatic carbocycles. The number of H-pyrrole nitrogens is 1. The predicted molar refractivity (Wildman–Crippen MR) is 126 cm³/mol. The van der Waals surface area contributed by atoms with Crippen LogP contribution >= 0.6 is 0 Å². The molecule has 1 aromatic heterocycles. The van der Waals surface area contributed by atoms with Gasteiger partial charge in [-0.05, 0) is 29.7 Å². The normalized spacial score (nSPS) is 13.6. The molecule has 1 aliphatic rings. The Bertz CT molecular complexity index is 1180. The number of halogens is 1. The molecule has 3 aromatic rings. The van der Waals surface area contributed by atoms with E-state index < -0.39 is 11.7 Å². The van der Waals surface area contributed by atoms with Crippen molar-refractivity contribution in [3.05, 3.63) is 75.5 Å². The van der Waals surface area contributed by atoms with Gasteiger partial charge in [0.25, 0.3) is 11.5 Å². The summed E-state index contributed by atoms with van der Waals surface area (Å²) in [6.45, 7) is 8.11. The zero-order chi connectivity index (χ0) is 24.0. The molecule has 8 heteroatoms. The number of rotatable bonds is 4. The zero-order valence-electron chi connectivity index (χ0n) is 19.2. The molecule has 7 nitrogen and oxygen atoms in total. The molecule has 4 rings (SSSR count). The molecule has 0 radical (unpaired) electrons. The lowest BCUT2D eigenvalue weighted by Gasteiger charge is -2.32. The lowest BCUT2D eigenvalue weighted by Crippen LogP contribution is -2.48. The van der Waals surface area contributed by atoms with E-state index in [2.05, 4.69) is 31.0 Å². The number of hydrogen-bond donors (Lipinski definition) is 1. The van der Waals surface area contributed by atoms with Crippen LogP contribution in [0, 0.1) is 11.7 Å². The Labute approximate surface area is 192 Å². The van der Waals surface area contributed by atoms with Gasteiger partial charge in [0.1, 0.15) is 5.82 Å². The maximum atomic E-state index is 14.4. The summed E-state index contributed by atoms with van der Waals surface area (Å²) in [5.74, 6) is -0.148. The monoisotopic (exact) mass is 452 g/mol. The Morgan fingerprint density at radius 2 is 1.73 bits per heavy atom. The van der Waals surface area contributed by atoms with E-state index in [9.17, 15) is 18.8 Å². The highest BCUT2D eigenvalue weighted by Crippen LogP contribution is 2.20. The van der Waals surface area contributed by atoms with Gasteiger partial charge in [0, 0.05) is 38.0 Å². The van der Waals surface area contributed by atoms with Gasteiger partial charge in [-0.15, -0.1) is 0 Å². The topological polar surface area (TPSA) is 86.4 Å². The fourth-order valence-electron chi connectivity index (χ4n) is 3.55. The van der Waals surface area contributed by atoms with Crippen LogP contribution in [0.2, 0.25) is 0 Å². The Balaban J connectivity index is 0.000000709. The molecule has 0 unspecified atom stereocenters. The third kappa shape index (κ3) is 6.03. The lowest BCUT2D eigenvalue weighted by molar-refractivity contribution is -0.119. The first-order valence-corrected chi connectivity index (χ1v) is 11.0. The summed E-state index contributed by atoms with van der Waals surface area (Å²) in [6.07, 6.45) is 1.10. The number of nitrogens with one attached hydrogen (secondary N) is 1. The van der Waals surface area contributed by atoms with Gasteiger partial charge < -0.3 is 9.80 Å². The van der Waals surface area contributed by atoms with Gasteiger partial charge in [-0.1, -0.05) is 45.0 Å². The molecular formula is C25H29FN4O3. The number of aromatic nitrogens is 2. The van der Waals surface area contributed by atoms with E-state index in [1.165, 1.54) is 12.1 Å². The quantitative estimate of drug-likeness (QED) is 0.616. The van der Waals surface area contributed by atoms with Crippen molar-refractivity contribution >= 4 is 23.1 Å². The van der Waals surface area contributed by atoms with Crippen molar-refractivity contribution in [3.63, 3.8) is 0 Å². The van der Waals surface area contributed by atoms with E-state index in [-0.39, 0.29) is 11.1 Å². The zero-order valence-corrected chi connectivity index (χ0v) is 19.2. The average Bonchev–Trinajstić information content (AvgIpc) is 2.81. The SMILES string of the molecule is CC(C)C.O=CN1CCN(C(=O)c2cc(Cc3n[nH]c(=O)c4ccccc34)ccc2F)CC1. The van der Waals surface area contributed by atoms with Gasteiger partial charge in [-0.2, -0.15) is 5.10 Å². The summed E-state index contributed by atoms with van der Waals surface area (Å²) >= 11 is 0. The van der Waals surface area contributed by atoms with Crippen molar-refractivity contribution < 1.29 is 14.0 Å². The molecule has 2 amide bonds. The van der Waals surface area contributed by atoms with Gasteiger partial charge in [0.15, 0.2) is 0 Å². The van der Waals surface area contributed by atoms with Gasteiger partial charge in [-0.25, -0.2) is 9.49 Å². The summed E-state index contributed by atoms with van der Waals surface area (Å²) < 4.78 is 14.4. The van der Waals surface area contributed by atoms with Crippen LogP contribution in [-0.4, -0.2) is 58.5 Å². The first-order valence-electron chi connectivity index (χ1n) is 11.0. The summed E-state index contributed by atoms with van der Waals surface area (Å²) in [5.41, 5.74) is 1.08. The number of benzene rings is 2. The van der Waals surface area contributed by atoms with Crippen LogP contribution in [0.1, 0.15) is 42.4 Å². The highest BCUT2D eigenvalue weighted by Gasteiger charge is 2.24. The van der Waals surface area contributed by atoms with Gasteiger partial charge in [0.2, 0.25) is 6.41 Å². The van der Waals surface area contributed by atoms with Crippen LogP contribution in [0.5, 0.6) is 0 Å². The van der Waals surface area contributed by atoms with E-state index in [4.69, 9.17) is 0 Å². The minimum Gasteiger partial charge on any atom is -0.342 e. The molecule has 1 N–H and O–H groups in total. The van der Waals surface area contributed by atoms with Crippen LogP contribution in [0.4, 0.5) is 4.39 Å². The van der Waals surface area contributed by atoms with Crippen LogP contribution in [0.25, 0.3) is 10.8 Å². The number of carbonyl (C=O) groups excluding carboxylic acids is 2. The number of piperazine rings is 1. The van der Waals surface area contributed by atoms with Crippen LogP contribution in [0.3, 0.4) is 0 Å². The van der Waals surface area contributed by atoms with E-state index >= 15 is 0 Å². The van der Waals surface area contributed by atoms with E-state index in [1.807, 2.05) is 12.1 Å². The number of hydrogen-bond acceptors (Lipinski definition) is 4. The molecule has 0 bridgehead atoms. The molecule has 33 heavy (non-hydrogen) atoms. The molecule has 0 saturated carbocycles. The highest BCUT2D eigenvalue weighted by molar-refractivity contribution is 5.95. The minimum atomic E-state index is -0.587. The van der Waals surface area contributed by atoms with Crippen molar-refractivity contribution in [3.8, 4) is 0 Å². The van der Waals surface area contributed by atoms with Crippen LogP contribution in [0.15, 0.2) is 47.3 Å². The molecule has 1 saturated heterocycles. The number of amides is 2. The van der Waals surface area contributed by atoms with Crippen molar-refractivity contribution in [2.75, 3.05) is 26.2 Å². The maximum absolute atomic E-state index is 14.4. The fraction of sp³-hybridized carbons (Fsp3) is 0.360. The second kappa shape index (κ2) is 10.8. The second-order valence-corrected chi connectivity index (χ2v) is 8.70. The second-order valence-electron chi connectivity index (χ2n) is 8.70. The van der Waals surface area contributed by atoms with Gasteiger partial charge in [-0.3, -0.25) is 14.4 Å². The highest BCUT2D eigenvalue weighted by atomic mass is 19.1. The number of nitrogens with zero attached hydrogens (tertiary/aromatic N) is 3. The lowest BCUT2D eigenvalue weighted by atomic mass is 10.0. The summed E-state index contributed by atoms with van der Waals surface area (Å²) in [5, 5.41) is 7.88. The molecule has 0 atom stereocenters. The van der Waals surface area contributed by atoms with Crippen molar-refractivity contribution in [2.24, 2.45) is 5.92 Å².